The van der Waals surface area contributed by atoms with Crippen LogP contribution in [0.25, 0.3) is 0 Å². The maximum Gasteiger partial charge on any atom is 0.317 e. The van der Waals surface area contributed by atoms with Crippen LogP contribution in [-0.2, 0) is 4.79 Å². The van der Waals surface area contributed by atoms with E-state index in [-0.39, 0.29) is 12.6 Å². The van der Waals surface area contributed by atoms with Crippen LogP contribution >= 0.6 is 0 Å². The lowest BCUT2D eigenvalue weighted by Crippen LogP contribution is -2.52. The van der Waals surface area contributed by atoms with Crippen molar-refractivity contribution in [1.82, 2.24) is 10.2 Å². The Morgan fingerprint density at radius 2 is 1.89 bits per heavy atom. The highest BCUT2D eigenvalue weighted by Crippen LogP contribution is 2.40. The number of amides is 2. The van der Waals surface area contributed by atoms with Crippen LogP contribution in [0.4, 0.5) is 4.79 Å². The molecule has 2 aliphatic carbocycles. The summed E-state index contributed by atoms with van der Waals surface area (Å²) in [6.45, 7) is 2.94. The fraction of sp³-hybridized carbons (Fsp3) is 0.857. The first-order chi connectivity index (χ1) is 9.09. The minimum atomic E-state index is -0.775. The molecule has 2 rings (SSSR count). The van der Waals surface area contributed by atoms with E-state index in [4.69, 9.17) is 0 Å². The van der Waals surface area contributed by atoms with Crippen molar-refractivity contribution in [1.29, 1.82) is 0 Å². The van der Waals surface area contributed by atoms with Crippen LogP contribution in [0.15, 0.2) is 0 Å². The summed E-state index contributed by atoms with van der Waals surface area (Å²) in [5.74, 6) is -0.775. The van der Waals surface area contributed by atoms with E-state index in [2.05, 4.69) is 5.32 Å². The van der Waals surface area contributed by atoms with Crippen LogP contribution < -0.4 is 5.32 Å². The lowest BCUT2D eigenvalue weighted by atomic mass is 9.69. The first-order valence-electron chi connectivity index (χ1n) is 7.37. The standard InChI is InChI=1S/C14H24N2O3/c1-2-16(11-6-3-4-7-11)13(19)15-10-14(12(17)18)8-5-9-14/h11H,2-10H2,1H3,(H,15,19)(H,17,18). The zero-order valence-corrected chi connectivity index (χ0v) is 11.7. The Morgan fingerprint density at radius 3 is 2.32 bits per heavy atom. The predicted molar refractivity (Wildman–Crippen MR) is 72.0 cm³/mol. The minimum absolute atomic E-state index is 0.0954. The molecule has 2 fully saturated rings. The van der Waals surface area contributed by atoms with Crippen molar-refractivity contribution in [3.05, 3.63) is 0 Å². The van der Waals surface area contributed by atoms with Gasteiger partial charge in [-0.25, -0.2) is 4.79 Å². The Morgan fingerprint density at radius 1 is 1.26 bits per heavy atom. The Labute approximate surface area is 114 Å². The molecule has 0 spiro atoms. The summed E-state index contributed by atoms with van der Waals surface area (Å²) in [7, 11) is 0. The smallest absolute Gasteiger partial charge is 0.317 e. The molecule has 0 aromatic carbocycles. The predicted octanol–water partition coefficient (Wildman–Crippen LogP) is 2.22. The van der Waals surface area contributed by atoms with Gasteiger partial charge in [0.1, 0.15) is 0 Å². The maximum atomic E-state index is 12.2. The van der Waals surface area contributed by atoms with E-state index in [1.807, 2.05) is 11.8 Å². The fourth-order valence-electron chi connectivity index (χ4n) is 3.20. The Bertz CT molecular complexity index is 347. The van der Waals surface area contributed by atoms with Crippen LogP contribution in [0.3, 0.4) is 0 Å². The SMILES string of the molecule is CCN(C(=O)NCC1(C(=O)O)CCC1)C1CCCC1. The molecular weight excluding hydrogens is 244 g/mol. The van der Waals surface area contributed by atoms with Crippen molar-refractivity contribution < 1.29 is 14.7 Å². The lowest BCUT2D eigenvalue weighted by Gasteiger charge is -2.38. The van der Waals surface area contributed by atoms with Gasteiger partial charge in [0.25, 0.3) is 0 Å². The Balaban J connectivity index is 1.87. The van der Waals surface area contributed by atoms with Gasteiger partial charge in [-0.05, 0) is 32.6 Å². The fourth-order valence-corrected chi connectivity index (χ4v) is 3.20. The number of urea groups is 1. The average Bonchev–Trinajstić information content (AvgIpc) is 2.81. The normalized spacial score (nSPS) is 21.7. The number of rotatable bonds is 5. The van der Waals surface area contributed by atoms with E-state index in [1.165, 1.54) is 12.8 Å². The molecule has 0 bridgehead atoms. The van der Waals surface area contributed by atoms with Crippen molar-refractivity contribution in [3.8, 4) is 0 Å². The Hall–Kier alpha value is -1.26. The van der Waals surface area contributed by atoms with Crippen molar-refractivity contribution in [3.63, 3.8) is 0 Å². The van der Waals surface area contributed by atoms with Gasteiger partial charge >= 0.3 is 12.0 Å². The highest BCUT2D eigenvalue weighted by Gasteiger charge is 2.44. The van der Waals surface area contributed by atoms with E-state index in [9.17, 15) is 14.7 Å². The molecule has 2 amide bonds. The van der Waals surface area contributed by atoms with Crippen molar-refractivity contribution in [2.75, 3.05) is 13.1 Å². The summed E-state index contributed by atoms with van der Waals surface area (Å²) in [5.41, 5.74) is -0.704. The van der Waals surface area contributed by atoms with Crippen LogP contribution in [0.2, 0.25) is 0 Å². The van der Waals surface area contributed by atoms with E-state index in [0.29, 0.717) is 25.4 Å². The van der Waals surface area contributed by atoms with E-state index >= 15 is 0 Å². The lowest BCUT2D eigenvalue weighted by molar-refractivity contribution is -0.153. The molecule has 0 atom stereocenters. The molecule has 0 unspecified atom stereocenters. The molecule has 19 heavy (non-hydrogen) atoms. The zero-order chi connectivity index (χ0) is 13.9. The summed E-state index contributed by atoms with van der Waals surface area (Å²) < 4.78 is 0. The monoisotopic (exact) mass is 268 g/mol. The second-order valence-corrected chi connectivity index (χ2v) is 5.82. The number of carboxylic acids is 1. The maximum absolute atomic E-state index is 12.2. The minimum Gasteiger partial charge on any atom is -0.481 e. The van der Waals surface area contributed by atoms with Gasteiger partial charge in [0.05, 0.1) is 5.41 Å². The second-order valence-electron chi connectivity index (χ2n) is 5.82. The number of nitrogens with zero attached hydrogens (tertiary/aromatic N) is 1. The van der Waals surface area contributed by atoms with E-state index < -0.39 is 11.4 Å². The summed E-state index contributed by atoms with van der Waals surface area (Å²) in [4.78, 5) is 25.3. The molecule has 2 saturated carbocycles. The summed E-state index contributed by atoms with van der Waals surface area (Å²) in [6, 6.07) is 0.245. The van der Waals surface area contributed by atoms with Crippen LogP contribution in [0.5, 0.6) is 0 Å². The van der Waals surface area contributed by atoms with E-state index in [1.54, 1.807) is 0 Å². The topological polar surface area (TPSA) is 69.6 Å². The van der Waals surface area contributed by atoms with Gasteiger partial charge in [-0.2, -0.15) is 0 Å². The van der Waals surface area contributed by atoms with Gasteiger partial charge in [-0.1, -0.05) is 19.3 Å². The third-order valence-electron chi connectivity index (χ3n) is 4.71. The van der Waals surface area contributed by atoms with Gasteiger partial charge < -0.3 is 15.3 Å². The molecule has 0 saturated heterocycles. The van der Waals surface area contributed by atoms with Crippen LogP contribution in [0.1, 0.15) is 51.9 Å². The number of carbonyl (C=O) groups is 2. The van der Waals surface area contributed by atoms with Crippen LogP contribution in [-0.4, -0.2) is 41.1 Å². The van der Waals surface area contributed by atoms with Gasteiger partial charge in [0.2, 0.25) is 0 Å². The van der Waals surface area contributed by atoms with Crippen molar-refractivity contribution >= 4 is 12.0 Å². The van der Waals surface area contributed by atoms with Gasteiger partial charge in [0, 0.05) is 19.1 Å². The number of carboxylic acid groups (broad SMARTS) is 1. The van der Waals surface area contributed by atoms with Gasteiger partial charge in [-0.15, -0.1) is 0 Å². The number of carbonyl (C=O) groups excluding carboxylic acids is 1. The second kappa shape index (κ2) is 5.80. The summed E-state index contributed by atoms with van der Waals surface area (Å²) in [6.07, 6.45) is 6.83. The highest BCUT2D eigenvalue weighted by molar-refractivity contribution is 5.79. The van der Waals surface area contributed by atoms with Gasteiger partial charge in [-0.3, -0.25) is 4.79 Å². The van der Waals surface area contributed by atoms with Crippen LogP contribution in [0, 0.1) is 5.41 Å². The zero-order valence-electron chi connectivity index (χ0n) is 11.7. The molecule has 108 valence electrons. The van der Waals surface area contributed by atoms with E-state index in [0.717, 1.165) is 19.3 Å². The quantitative estimate of drug-likeness (QED) is 0.803. The third-order valence-corrected chi connectivity index (χ3v) is 4.71. The molecule has 5 heteroatoms. The first-order valence-corrected chi connectivity index (χ1v) is 7.37. The largest absolute Gasteiger partial charge is 0.481 e. The molecule has 0 aromatic rings. The first kappa shape index (κ1) is 14.2. The molecule has 0 aromatic heterocycles. The summed E-state index contributed by atoms with van der Waals surface area (Å²) in [5, 5.41) is 12.1. The molecular formula is C14H24N2O3. The average molecular weight is 268 g/mol. The molecule has 0 heterocycles. The molecule has 2 aliphatic rings. The van der Waals surface area contributed by atoms with Gasteiger partial charge in [0.15, 0.2) is 0 Å². The Kier molecular flexibility index (Phi) is 4.32. The van der Waals surface area contributed by atoms with Crippen molar-refractivity contribution in [2.24, 2.45) is 5.41 Å². The number of aliphatic carboxylic acids is 1. The number of hydrogen-bond acceptors (Lipinski definition) is 2. The summed E-state index contributed by atoms with van der Waals surface area (Å²) >= 11 is 0. The highest BCUT2D eigenvalue weighted by atomic mass is 16.4. The third kappa shape index (κ3) is 2.85. The molecule has 0 radical (unpaired) electrons. The van der Waals surface area contributed by atoms with Crippen molar-refractivity contribution in [2.45, 2.75) is 57.9 Å². The number of hydrogen-bond donors (Lipinski definition) is 2. The number of nitrogens with one attached hydrogen (secondary N) is 1. The molecule has 5 nitrogen and oxygen atoms in total. The molecule has 2 N–H and O–H groups in total. The molecule has 0 aliphatic heterocycles.